The van der Waals surface area contributed by atoms with Gasteiger partial charge in [-0.1, -0.05) is 0 Å². The van der Waals surface area contributed by atoms with Crippen molar-refractivity contribution < 1.29 is 23.0 Å². The Kier molecular flexibility index (Phi) is 2.22. The number of hydrogen-bond donors (Lipinski definition) is 2. The Morgan fingerprint density at radius 1 is 1.15 bits per heavy atom. The van der Waals surface area contributed by atoms with E-state index in [1.165, 1.54) is 0 Å². The number of hydrogen-bond acceptors (Lipinski definition) is 3. The molecule has 6 heteroatoms. The quantitative estimate of drug-likeness (QED) is 0.402. The van der Waals surface area contributed by atoms with Crippen molar-refractivity contribution in [2.45, 2.75) is 0 Å². The van der Waals surface area contributed by atoms with Gasteiger partial charge in [0.25, 0.3) is 0 Å². The highest BCUT2D eigenvalue weighted by atomic mass is 19.2. The summed E-state index contributed by atoms with van der Waals surface area (Å²) in [5, 5.41) is 8.75. The number of phenolic OH excluding ortho intramolecular Hbond substituents is 1. The topological polar surface area (TPSA) is 55.5 Å². The molecule has 0 aliphatic rings. The second-order valence-electron chi connectivity index (χ2n) is 2.24. The summed E-state index contributed by atoms with van der Waals surface area (Å²) >= 11 is 0. The summed E-state index contributed by atoms with van der Waals surface area (Å²) in [5.41, 5.74) is 4.04. The maximum Gasteiger partial charge on any atom is 0.207 e. The van der Waals surface area contributed by atoms with Crippen LogP contribution in [0.2, 0.25) is 0 Å². The smallest absolute Gasteiger partial charge is 0.207 e. The summed E-state index contributed by atoms with van der Waals surface area (Å²) in [6.45, 7) is 0. The Labute approximate surface area is 71.5 Å². The number of nitrogens with two attached hydrogens (primary N) is 1. The summed E-state index contributed by atoms with van der Waals surface area (Å²) in [6, 6.07) is 0. The third-order valence-electron chi connectivity index (χ3n) is 1.50. The second kappa shape index (κ2) is 3.04. The zero-order valence-corrected chi connectivity index (χ0v) is 6.57. The monoisotopic (exact) mass is 193 g/mol. The highest BCUT2D eigenvalue weighted by Crippen LogP contribution is 2.36. The molecule has 3 nitrogen and oxygen atoms in total. The molecule has 0 atom stereocenters. The lowest BCUT2D eigenvalue weighted by Crippen LogP contribution is -2.02. The van der Waals surface area contributed by atoms with Crippen molar-refractivity contribution in [3.8, 4) is 11.5 Å². The minimum Gasteiger partial charge on any atom is -0.503 e. The molecule has 13 heavy (non-hydrogen) atoms. The van der Waals surface area contributed by atoms with E-state index in [0.29, 0.717) is 0 Å². The molecule has 1 aromatic rings. The fraction of sp³-hybridized carbons (Fsp3) is 0.143. The van der Waals surface area contributed by atoms with Crippen molar-refractivity contribution in [3.05, 3.63) is 17.5 Å². The summed E-state index contributed by atoms with van der Waals surface area (Å²) in [5.74, 6) is -6.76. The number of ether oxygens (including phenoxy) is 1. The lowest BCUT2D eigenvalue weighted by atomic mass is 10.2. The van der Waals surface area contributed by atoms with Gasteiger partial charge in [0.05, 0.1) is 7.11 Å². The molecule has 72 valence electrons. The molecule has 0 amide bonds. The standard InChI is InChI=1S/C7H6F3NO2/c1-13-7-3(9)2(8)6(12)5(11)4(7)10/h12H,11H2,1H3. The Hall–Kier alpha value is -1.59. The number of anilines is 1. The van der Waals surface area contributed by atoms with Gasteiger partial charge < -0.3 is 15.6 Å². The molecule has 1 aromatic carbocycles. The van der Waals surface area contributed by atoms with E-state index in [-0.39, 0.29) is 0 Å². The molecule has 0 spiro atoms. The van der Waals surface area contributed by atoms with Gasteiger partial charge in [-0.05, 0) is 0 Å². The van der Waals surface area contributed by atoms with Crippen molar-refractivity contribution >= 4 is 5.69 Å². The van der Waals surface area contributed by atoms with Crippen molar-refractivity contribution in [2.75, 3.05) is 12.8 Å². The van der Waals surface area contributed by atoms with Gasteiger partial charge >= 0.3 is 0 Å². The maximum atomic E-state index is 12.9. The first kappa shape index (κ1) is 9.50. The summed E-state index contributed by atoms with van der Waals surface area (Å²) < 4.78 is 42.5. The lowest BCUT2D eigenvalue weighted by Gasteiger charge is -2.08. The lowest BCUT2D eigenvalue weighted by molar-refractivity contribution is 0.334. The van der Waals surface area contributed by atoms with Crippen LogP contribution in [-0.2, 0) is 0 Å². The van der Waals surface area contributed by atoms with Crippen molar-refractivity contribution in [2.24, 2.45) is 0 Å². The number of halogens is 3. The Balaban J connectivity index is 3.56. The van der Waals surface area contributed by atoms with E-state index in [9.17, 15) is 13.2 Å². The van der Waals surface area contributed by atoms with Gasteiger partial charge in [-0.3, -0.25) is 0 Å². The molecule has 0 aliphatic carbocycles. The summed E-state index contributed by atoms with van der Waals surface area (Å²) in [4.78, 5) is 0. The van der Waals surface area contributed by atoms with E-state index in [2.05, 4.69) is 4.74 Å². The van der Waals surface area contributed by atoms with Crippen LogP contribution in [0.1, 0.15) is 0 Å². The van der Waals surface area contributed by atoms with E-state index in [1.807, 2.05) is 0 Å². The summed E-state index contributed by atoms with van der Waals surface area (Å²) in [6.07, 6.45) is 0. The van der Waals surface area contributed by atoms with E-state index >= 15 is 0 Å². The molecule has 1 rings (SSSR count). The highest BCUT2D eigenvalue weighted by molar-refractivity contribution is 5.58. The number of benzene rings is 1. The van der Waals surface area contributed by atoms with E-state index in [0.717, 1.165) is 7.11 Å². The van der Waals surface area contributed by atoms with Crippen LogP contribution in [0.15, 0.2) is 0 Å². The minimum absolute atomic E-state index is 0.879. The van der Waals surface area contributed by atoms with Gasteiger partial charge in [-0.25, -0.2) is 4.39 Å². The highest BCUT2D eigenvalue weighted by Gasteiger charge is 2.23. The van der Waals surface area contributed by atoms with E-state index in [1.54, 1.807) is 0 Å². The Morgan fingerprint density at radius 3 is 2.15 bits per heavy atom. The average molecular weight is 193 g/mol. The molecule has 0 unspecified atom stereocenters. The molecule has 0 aromatic heterocycles. The number of methoxy groups -OCH3 is 1. The van der Waals surface area contributed by atoms with Crippen molar-refractivity contribution in [1.29, 1.82) is 0 Å². The third-order valence-corrected chi connectivity index (χ3v) is 1.50. The molecule has 0 fully saturated rings. The number of phenols is 1. The van der Waals surface area contributed by atoms with Crippen LogP contribution in [-0.4, -0.2) is 12.2 Å². The first-order valence-corrected chi connectivity index (χ1v) is 3.19. The van der Waals surface area contributed by atoms with Crippen LogP contribution in [0.25, 0.3) is 0 Å². The molecular weight excluding hydrogens is 187 g/mol. The van der Waals surface area contributed by atoms with Crippen LogP contribution in [0.5, 0.6) is 11.5 Å². The van der Waals surface area contributed by atoms with Crippen molar-refractivity contribution in [1.82, 2.24) is 0 Å². The Morgan fingerprint density at radius 2 is 1.69 bits per heavy atom. The van der Waals surface area contributed by atoms with Gasteiger partial charge in [0.2, 0.25) is 11.6 Å². The minimum atomic E-state index is -1.63. The average Bonchev–Trinajstić information content (AvgIpc) is 2.13. The van der Waals surface area contributed by atoms with Gasteiger partial charge in [-0.15, -0.1) is 0 Å². The van der Waals surface area contributed by atoms with Crippen LogP contribution < -0.4 is 10.5 Å². The van der Waals surface area contributed by atoms with Gasteiger partial charge in [0.15, 0.2) is 17.3 Å². The van der Waals surface area contributed by atoms with Crippen LogP contribution >= 0.6 is 0 Å². The van der Waals surface area contributed by atoms with E-state index < -0.39 is 34.6 Å². The Bertz CT molecular complexity index is 325. The molecule has 0 saturated heterocycles. The maximum absolute atomic E-state index is 12.9. The van der Waals surface area contributed by atoms with Crippen molar-refractivity contribution in [3.63, 3.8) is 0 Å². The fourth-order valence-corrected chi connectivity index (χ4v) is 0.824. The molecule has 0 heterocycles. The first-order valence-electron chi connectivity index (χ1n) is 3.19. The number of nitrogen functional groups attached to an aromatic ring is 1. The third kappa shape index (κ3) is 1.24. The molecule has 0 aliphatic heterocycles. The molecule has 0 radical (unpaired) electrons. The SMILES string of the molecule is COc1c(F)c(N)c(O)c(F)c1F. The molecule has 3 N–H and O–H groups in total. The zero-order valence-electron chi connectivity index (χ0n) is 6.57. The van der Waals surface area contributed by atoms with Gasteiger partial charge in [-0.2, -0.15) is 8.78 Å². The largest absolute Gasteiger partial charge is 0.503 e. The molecule has 0 saturated carbocycles. The molecular formula is C7H6F3NO2. The van der Waals surface area contributed by atoms with Crippen LogP contribution in [0.4, 0.5) is 18.9 Å². The second-order valence-corrected chi connectivity index (χ2v) is 2.24. The number of aromatic hydroxyl groups is 1. The number of rotatable bonds is 1. The van der Waals surface area contributed by atoms with Gasteiger partial charge in [0.1, 0.15) is 5.69 Å². The zero-order chi connectivity index (χ0) is 10.2. The fourth-order valence-electron chi connectivity index (χ4n) is 0.824. The predicted molar refractivity (Wildman–Crippen MR) is 38.9 cm³/mol. The first-order chi connectivity index (χ1) is 6.00. The van der Waals surface area contributed by atoms with Gasteiger partial charge in [0, 0.05) is 0 Å². The molecule has 0 bridgehead atoms. The van der Waals surface area contributed by atoms with Crippen LogP contribution in [0.3, 0.4) is 0 Å². The normalized spacial score (nSPS) is 10.2. The van der Waals surface area contributed by atoms with E-state index in [4.69, 9.17) is 10.8 Å². The predicted octanol–water partition coefficient (Wildman–Crippen LogP) is 1.40. The van der Waals surface area contributed by atoms with Crippen LogP contribution in [0, 0.1) is 17.5 Å². The summed E-state index contributed by atoms with van der Waals surface area (Å²) in [7, 11) is 0.956.